The highest BCUT2D eigenvalue weighted by atomic mass is 16.7. The monoisotopic (exact) mass is 340 g/mol. The van der Waals surface area contributed by atoms with Crippen LogP contribution in [0.1, 0.15) is 22.3 Å². The molecule has 0 spiro atoms. The second-order valence-electron chi connectivity index (χ2n) is 6.69. The Morgan fingerprint density at radius 2 is 1.08 bits per heavy atom. The van der Waals surface area contributed by atoms with Gasteiger partial charge in [-0.3, -0.25) is 0 Å². The minimum absolute atomic E-state index is 0.0147. The van der Waals surface area contributed by atoms with Crippen molar-refractivity contribution in [3.63, 3.8) is 0 Å². The summed E-state index contributed by atoms with van der Waals surface area (Å²) in [4.78, 5) is 23.9. The number of aryl methyl sites for hydroxylation is 2. The van der Waals surface area contributed by atoms with Crippen LogP contribution in [0.5, 0.6) is 0 Å². The van der Waals surface area contributed by atoms with E-state index in [2.05, 4.69) is 0 Å². The van der Waals surface area contributed by atoms with Crippen molar-refractivity contribution < 1.29 is 24.5 Å². The summed E-state index contributed by atoms with van der Waals surface area (Å²) in [5.41, 5.74) is 0.0702. The number of aliphatic carboxylic acids is 2. The van der Waals surface area contributed by atoms with E-state index in [1.54, 1.807) is 24.3 Å². The number of rotatable bonds is 6. The fourth-order valence-electron chi connectivity index (χ4n) is 3.20. The lowest BCUT2D eigenvalue weighted by Gasteiger charge is -2.14. The van der Waals surface area contributed by atoms with Gasteiger partial charge in [0.25, 0.3) is 0 Å². The van der Waals surface area contributed by atoms with Crippen molar-refractivity contribution in [3.05, 3.63) is 70.8 Å². The number of hydrogen-bond donors (Lipinski definition) is 2. The highest BCUT2D eigenvalue weighted by Gasteiger charge is 2.79. The molecule has 5 heteroatoms. The van der Waals surface area contributed by atoms with Crippen LogP contribution >= 0.6 is 0 Å². The van der Waals surface area contributed by atoms with E-state index in [9.17, 15) is 19.8 Å². The molecule has 1 fully saturated rings. The van der Waals surface area contributed by atoms with Gasteiger partial charge < -0.3 is 14.9 Å². The standard InChI is InChI=1S/C20H20O5/c1-13-3-7-15(8-4-13)11-19(17(21)22)20(25-19,18(23)24)12-16-9-5-14(2)6-10-16/h3-10H,11-12H2,1-2H3,(H,21,22)(H,23,24). The zero-order valence-corrected chi connectivity index (χ0v) is 14.2. The summed E-state index contributed by atoms with van der Waals surface area (Å²) in [6.07, 6.45) is 0.0293. The highest BCUT2D eigenvalue weighted by molar-refractivity contribution is 5.97. The van der Waals surface area contributed by atoms with E-state index in [1.807, 2.05) is 38.1 Å². The second-order valence-corrected chi connectivity index (χ2v) is 6.69. The van der Waals surface area contributed by atoms with Crippen molar-refractivity contribution in [1.29, 1.82) is 0 Å². The number of epoxide rings is 1. The topological polar surface area (TPSA) is 87.1 Å². The van der Waals surface area contributed by atoms with Gasteiger partial charge >= 0.3 is 11.9 Å². The molecule has 0 bridgehead atoms. The van der Waals surface area contributed by atoms with Crippen LogP contribution in [0.2, 0.25) is 0 Å². The van der Waals surface area contributed by atoms with Crippen LogP contribution in [0, 0.1) is 13.8 Å². The summed E-state index contributed by atoms with van der Waals surface area (Å²) in [5, 5.41) is 19.5. The van der Waals surface area contributed by atoms with E-state index in [1.165, 1.54) is 0 Å². The maximum Gasteiger partial charge on any atom is 0.340 e. The molecule has 1 saturated heterocycles. The van der Waals surface area contributed by atoms with E-state index >= 15 is 0 Å². The number of ether oxygens (including phenoxy) is 1. The predicted molar refractivity (Wildman–Crippen MR) is 91.6 cm³/mol. The van der Waals surface area contributed by atoms with Gasteiger partial charge in [-0.2, -0.15) is 0 Å². The summed E-state index contributed by atoms with van der Waals surface area (Å²) in [5.74, 6) is -2.50. The Hall–Kier alpha value is -2.66. The molecule has 1 heterocycles. The van der Waals surface area contributed by atoms with Crippen molar-refractivity contribution >= 4 is 11.9 Å². The Kier molecular flexibility index (Phi) is 4.13. The Morgan fingerprint density at radius 3 is 1.36 bits per heavy atom. The van der Waals surface area contributed by atoms with Gasteiger partial charge in [0.15, 0.2) is 0 Å². The molecule has 1 aliphatic rings. The molecule has 130 valence electrons. The van der Waals surface area contributed by atoms with Gasteiger partial charge in [-0.25, -0.2) is 9.59 Å². The molecule has 0 aliphatic carbocycles. The second kappa shape index (κ2) is 6.01. The lowest BCUT2D eigenvalue weighted by atomic mass is 9.82. The third-order valence-corrected chi connectivity index (χ3v) is 4.80. The zero-order valence-electron chi connectivity index (χ0n) is 14.2. The summed E-state index contributed by atoms with van der Waals surface area (Å²) in [6.45, 7) is 3.87. The van der Waals surface area contributed by atoms with E-state index in [-0.39, 0.29) is 12.8 Å². The molecule has 5 nitrogen and oxygen atoms in total. The van der Waals surface area contributed by atoms with Crippen LogP contribution in [0.3, 0.4) is 0 Å². The lowest BCUT2D eigenvalue weighted by molar-refractivity contribution is -0.146. The van der Waals surface area contributed by atoms with E-state index in [4.69, 9.17) is 4.74 Å². The SMILES string of the molecule is Cc1ccc(CC2(C(=O)O)OC2(Cc2ccc(C)cc2)C(=O)O)cc1. The smallest absolute Gasteiger partial charge is 0.340 e. The summed E-state index contributed by atoms with van der Waals surface area (Å²) >= 11 is 0. The van der Waals surface area contributed by atoms with Crippen molar-refractivity contribution in [2.24, 2.45) is 0 Å². The summed E-state index contributed by atoms with van der Waals surface area (Å²) in [7, 11) is 0. The van der Waals surface area contributed by atoms with E-state index in [0.717, 1.165) is 22.3 Å². The van der Waals surface area contributed by atoms with Crippen molar-refractivity contribution in [3.8, 4) is 0 Å². The molecule has 0 radical (unpaired) electrons. The lowest BCUT2D eigenvalue weighted by Crippen LogP contribution is -2.42. The Morgan fingerprint density at radius 1 is 0.760 bits per heavy atom. The maximum atomic E-state index is 11.9. The van der Waals surface area contributed by atoms with E-state index in [0.29, 0.717) is 0 Å². The number of hydrogen-bond acceptors (Lipinski definition) is 3. The first-order chi connectivity index (χ1) is 11.8. The van der Waals surface area contributed by atoms with Gasteiger partial charge in [0.2, 0.25) is 11.2 Å². The van der Waals surface area contributed by atoms with Crippen molar-refractivity contribution in [2.45, 2.75) is 37.9 Å². The molecule has 2 N–H and O–H groups in total. The first kappa shape index (κ1) is 17.2. The zero-order chi connectivity index (χ0) is 18.2. The van der Waals surface area contributed by atoms with Gasteiger partial charge in [-0.1, -0.05) is 59.7 Å². The molecular formula is C20H20O5. The molecule has 2 unspecified atom stereocenters. The maximum absolute atomic E-state index is 11.9. The molecule has 2 aromatic carbocycles. The molecular weight excluding hydrogens is 320 g/mol. The molecule has 2 atom stereocenters. The Balaban J connectivity index is 1.93. The Labute approximate surface area is 145 Å². The largest absolute Gasteiger partial charge is 0.479 e. The number of carboxylic acid groups (broad SMARTS) is 2. The molecule has 2 aromatic rings. The molecule has 0 aromatic heterocycles. The van der Waals surface area contributed by atoms with Crippen LogP contribution in [0.25, 0.3) is 0 Å². The van der Waals surface area contributed by atoms with Crippen LogP contribution in [0.4, 0.5) is 0 Å². The fourth-order valence-corrected chi connectivity index (χ4v) is 3.20. The average molecular weight is 340 g/mol. The summed E-state index contributed by atoms with van der Waals surface area (Å²) < 4.78 is 5.48. The van der Waals surface area contributed by atoms with Crippen LogP contribution in [-0.2, 0) is 27.2 Å². The number of benzene rings is 2. The van der Waals surface area contributed by atoms with Crippen LogP contribution < -0.4 is 0 Å². The van der Waals surface area contributed by atoms with Crippen molar-refractivity contribution in [2.75, 3.05) is 0 Å². The minimum Gasteiger partial charge on any atom is -0.479 e. The minimum atomic E-state index is -1.75. The molecule has 1 aliphatic heterocycles. The molecule has 25 heavy (non-hydrogen) atoms. The van der Waals surface area contributed by atoms with Crippen LogP contribution in [-0.4, -0.2) is 33.4 Å². The third-order valence-electron chi connectivity index (χ3n) is 4.80. The Bertz CT molecular complexity index is 739. The van der Waals surface area contributed by atoms with Gasteiger partial charge in [0.05, 0.1) is 0 Å². The quantitative estimate of drug-likeness (QED) is 0.790. The molecule has 0 amide bonds. The number of carboxylic acids is 2. The predicted octanol–water partition coefficient (Wildman–Crippen LogP) is 2.77. The molecule has 0 saturated carbocycles. The normalized spacial score (nSPS) is 24.7. The van der Waals surface area contributed by atoms with Gasteiger partial charge in [0, 0.05) is 12.8 Å². The van der Waals surface area contributed by atoms with Gasteiger partial charge in [-0.05, 0) is 25.0 Å². The fraction of sp³-hybridized carbons (Fsp3) is 0.300. The van der Waals surface area contributed by atoms with Gasteiger partial charge in [0.1, 0.15) is 0 Å². The first-order valence-corrected chi connectivity index (χ1v) is 8.07. The van der Waals surface area contributed by atoms with Crippen molar-refractivity contribution in [1.82, 2.24) is 0 Å². The molecule has 3 rings (SSSR count). The highest BCUT2D eigenvalue weighted by Crippen LogP contribution is 2.53. The average Bonchev–Trinajstić information content (AvgIpc) is 3.22. The van der Waals surface area contributed by atoms with E-state index < -0.39 is 23.1 Å². The first-order valence-electron chi connectivity index (χ1n) is 8.07. The van der Waals surface area contributed by atoms with Gasteiger partial charge in [-0.15, -0.1) is 0 Å². The third kappa shape index (κ3) is 2.91. The van der Waals surface area contributed by atoms with Crippen LogP contribution in [0.15, 0.2) is 48.5 Å². The number of carbonyl (C=O) groups is 2. The summed E-state index contributed by atoms with van der Waals surface area (Å²) in [6, 6.07) is 14.7.